The lowest BCUT2D eigenvalue weighted by atomic mass is 9.93. The first-order valence-corrected chi connectivity index (χ1v) is 6.02. The first-order valence-electron chi connectivity index (χ1n) is 6.02. The first kappa shape index (κ1) is 12.4. The SMILES string of the molecule is NC(=O)c1cccc(NC(=O)C2CC=CCC2)c1. The summed E-state index contributed by atoms with van der Waals surface area (Å²) in [5.74, 6) is -0.472. The van der Waals surface area contributed by atoms with Crippen LogP contribution in [0.25, 0.3) is 0 Å². The molecule has 0 heterocycles. The monoisotopic (exact) mass is 244 g/mol. The smallest absolute Gasteiger partial charge is 0.248 e. The van der Waals surface area contributed by atoms with Gasteiger partial charge in [-0.3, -0.25) is 9.59 Å². The zero-order chi connectivity index (χ0) is 13.0. The lowest BCUT2D eigenvalue weighted by Crippen LogP contribution is -2.23. The van der Waals surface area contributed by atoms with Crippen molar-refractivity contribution in [1.82, 2.24) is 0 Å². The summed E-state index contributed by atoms with van der Waals surface area (Å²) < 4.78 is 0. The molecule has 0 saturated heterocycles. The Labute approximate surface area is 106 Å². The van der Waals surface area contributed by atoms with E-state index in [1.807, 2.05) is 6.08 Å². The number of carbonyl (C=O) groups is 2. The molecule has 18 heavy (non-hydrogen) atoms. The third kappa shape index (κ3) is 2.97. The molecule has 1 aromatic carbocycles. The summed E-state index contributed by atoms with van der Waals surface area (Å²) in [7, 11) is 0. The van der Waals surface area contributed by atoms with Gasteiger partial charge >= 0.3 is 0 Å². The number of amides is 2. The maximum Gasteiger partial charge on any atom is 0.248 e. The molecule has 0 bridgehead atoms. The summed E-state index contributed by atoms with van der Waals surface area (Å²) in [6, 6.07) is 6.68. The van der Waals surface area contributed by atoms with Crippen molar-refractivity contribution in [3.63, 3.8) is 0 Å². The van der Waals surface area contributed by atoms with Gasteiger partial charge in [0, 0.05) is 17.2 Å². The highest BCUT2D eigenvalue weighted by molar-refractivity contribution is 5.96. The van der Waals surface area contributed by atoms with Gasteiger partial charge in [-0.15, -0.1) is 0 Å². The van der Waals surface area contributed by atoms with E-state index in [2.05, 4.69) is 11.4 Å². The molecule has 0 radical (unpaired) electrons. The van der Waals surface area contributed by atoms with Gasteiger partial charge in [0.1, 0.15) is 0 Å². The summed E-state index contributed by atoms with van der Waals surface area (Å²) in [6.07, 6.45) is 6.73. The van der Waals surface area contributed by atoms with Gasteiger partial charge in [-0.25, -0.2) is 0 Å². The highest BCUT2D eigenvalue weighted by Crippen LogP contribution is 2.20. The van der Waals surface area contributed by atoms with E-state index < -0.39 is 5.91 Å². The number of rotatable bonds is 3. The average molecular weight is 244 g/mol. The Hall–Kier alpha value is -2.10. The zero-order valence-corrected chi connectivity index (χ0v) is 10.1. The number of primary amides is 1. The minimum Gasteiger partial charge on any atom is -0.366 e. The molecule has 3 N–H and O–H groups in total. The first-order chi connectivity index (χ1) is 8.66. The van der Waals surface area contributed by atoms with Gasteiger partial charge in [0.2, 0.25) is 11.8 Å². The Morgan fingerprint density at radius 3 is 2.78 bits per heavy atom. The molecule has 0 spiro atoms. The molecule has 1 aromatic rings. The molecular formula is C14H16N2O2. The highest BCUT2D eigenvalue weighted by atomic mass is 16.2. The van der Waals surface area contributed by atoms with Crippen LogP contribution in [-0.2, 0) is 4.79 Å². The summed E-state index contributed by atoms with van der Waals surface area (Å²) in [5, 5.41) is 2.83. The Balaban J connectivity index is 2.04. The fourth-order valence-electron chi connectivity index (χ4n) is 2.03. The quantitative estimate of drug-likeness (QED) is 0.799. The highest BCUT2D eigenvalue weighted by Gasteiger charge is 2.18. The summed E-state index contributed by atoms with van der Waals surface area (Å²) in [4.78, 5) is 23.0. The predicted molar refractivity (Wildman–Crippen MR) is 70.1 cm³/mol. The predicted octanol–water partition coefficient (Wildman–Crippen LogP) is 2.08. The van der Waals surface area contributed by atoms with Gasteiger partial charge in [0.05, 0.1) is 0 Å². The number of carbonyl (C=O) groups excluding carboxylic acids is 2. The van der Waals surface area contributed by atoms with Crippen molar-refractivity contribution in [3.8, 4) is 0 Å². The number of nitrogens with two attached hydrogens (primary N) is 1. The third-order valence-corrected chi connectivity index (χ3v) is 3.05. The van der Waals surface area contributed by atoms with Crippen molar-refractivity contribution in [3.05, 3.63) is 42.0 Å². The molecule has 2 rings (SSSR count). The second-order valence-corrected chi connectivity index (χ2v) is 4.42. The fourth-order valence-corrected chi connectivity index (χ4v) is 2.03. The van der Waals surface area contributed by atoms with E-state index in [0.29, 0.717) is 11.3 Å². The zero-order valence-electron chi connectivity index (χ0n) is 10.1. The maximum absolute atomic E-state index is 12.0. The van der Waals surface area contributed by atoms with E-state index in [1.165, 1.54) is 0 Å². The lowest BCUT2D eigenvalue weighted by molar-refractivity contribution is -0.120. The molecule has 2 amide bonds. The van der Waals surface area contributed by atoms with Gasteiger partial charge in [-0.05, 0) is 37.5 Å². The molecule has 0 aliphatic heterocycles. The molecule has 4 heteroatoms. The van der Waals surface area contributed by atoms with Gasteiger partial charge in [0.25, 0.3) is 0 Å². The standard InChI is InChI=1S/C14H16N2O2/c15-13(17)11-7-4-8-12(9-11)16-14(18)10-5-2-1-3-6-10/h1-2,4,7-10H,3,5-6H2,(H2,15,17)(H,16,18). The van der Waals surface area contributed by atoms with Crippen molar-refractivity contribution in [1.29, 1.82) is 0 Å². The number of hydrogen-bond acceptors (Lipinski definition) is 2. The largest absolute Gasteiger partial charge is 0.366 e. The second-order valence-electron chi connectivity index (χ2n) is 4.42. The lowest BCUT2D eigenvalue weighted by Gasteiger charge is -2.17. The summed E-state index contributed by atoms with van der Waals surface area (Å²) >= 11 is 0. The Kier molecular flexibility index (Phi) is 3.77. The topological polar surface area (TPSA) is 72.2 Å². The molecule has 94 valence electrons. The molecule has 4 nitrogen and oxygen atoms in total. The van der Waals surface area contributed by atoms with Crippen molar-refractivity contribution < 1.29 is 9.59 Å². The minimum atomic E-state index is -0.494. The molecular weight excluding hydrogens is 228 g/mol. The Bertz CT molecular complexity index is 494. The van der Waals surface area contributed by atoms with Gasteiger partial charge in [-0.1, -0.05) is 18.2 Å². The molecule has 1 aliphatic carbocycles. The van der Waals surface area contributed by atoms with E-state index >= 15 is 0 Å². The molecule has 0 aromatic heterocycles. The van der Waals surface area contributed by atoms with Gasteiger partial charge < -0.3 is 11.1 Å². The van der Waals surface area contributed by atoms with E-state index in [1.54, 1.807) is 24.3 Å². The van der Waals surface area contributed by atoms with Gasteiger partial charge in [0.15, 0.2) is 0 Å². The van der Waals surface area contributed by atoms with Crippen LogP contribution in [-0.4, -0.2) is 11.8 Å². The van der Waals surface area contributed by atoms with E-state index in [0.717, 1.165) is 19.3 Å². The average Bonchev–Trinajstić information content (AvgIpc) is 2.40. The third-order valence-electron chi connectivity index (χ3n) is 3.05. The van der Waals surface area contributed by atoms with E-state index in [9.17, 15) is 9.59 Å². The Morgan fingerprint density at radius 1 is 1.28 bits per heavy atom. The molecule has 1 unspecified atom stereocenters. The van der Waals surface area contributed by atoms with Gasteiger partial charge in [-0.2, -0.15) is 0 Å². The minimum absolute atomic E-state index is 0.000899. The number of anilines is 1. The number of benzene rings is 1. The van der Waals surface area contributed by atoms with Crippen LogP contribution in [0.2, 0.25) is 0 Å². The Morgan fingerprint density at radius 2 is 2.11 bits per heavy atom. The van der Waals surface area contributed by atoms with E-state index in [4.69, 9.17) is 5.73 Å². The molecule has 0 fully saturated rings. The summed E-state index contributed by atoms with van der Waals surface area (Å²) in [5.41, 5.74) is 6.21. The molecule has 1 aliphatic rings. The second kappa shape index (κ2) is 5.49. The van der Waals surface area contributed by atoms with Crippen LogP contribution >= 0.6 is 0 Å². The van der Waals surface area contributed by atoms with Crippen molar-refractivity contribution in [2.75, 3.05) is 5.32 Å². The number of hydrogen-bond donors (Lipinski definition) is 2. The molecule has 1 atom stereocenters. The van der Waals surface area contributed by atoms with E-state index in [-0.39, 0.29) is 11.8 Å². The number of nitrogens with one attached hydrogen (secondary N) is 1. The fraction of sp³-hybridized carbons (Fsp3) is 0.286. The normalized spacial score (nSPS) is 18.3. The maximum atomic E-state index is 12.0. The van der Waals surface area contributed by atoms with Crippen molar-refractivity contribution in [2.24, 2.45) is 11.7 Å². The number of allylic oxidation sites excluding steroid dienone is 2. The van der Waals surface area contributed by atoms with Crippen molar-refractivity contribution in [2.45, 2.75) is 19.3 Å². The van der Waals surface area contributed by atoms with Crippen LogP contribution in [0.5, 0.6) is 0 Å². The molecule has 0 saturated carbocycles. The van der Waals surface area contributed by atoms with Crippen LogP contribution in [0.1, 0.15) is 29.6 Å². The van der Waals surface area contributed by atoms with Crippen LogP contribution in [0.15, 0.2) is 36.4 Å². The van der Waals surface area contributed by atoms with Crippen LogP contribution in [0.3, 0.4) is 0 Å². The van der Waals surface area contributed by atoms with Crippen molar-refractivity contribution >= 4 is 17.5 Å². The van der Waals surface area contributed by atoms with Crippen LogP contribution < -0.4 is 11.1 Å². The van der Waals surface area contributed by atoms with Crippen LogP contribution in [0, 0.1) is 5.92 Å². The summed E-state index contributed by atoms with van der Waals surface area (Å²) in [6.45, 7) is 0. The van der Waals surface area contributed by atoms with Crippen LogP contribution in [0.4, 0.5) is 5.69 Å².